The van der Waals surface area contributed by atoms with Crippen LogP contribution in [0.1, 0.15) is 43.7 Å². The number of carbonyl (C=O) groups excluding carboxylic acids is 1. The summed E-state index contributed by atoms with van der Waals surface area (Å²) in [6.07, 6.45) is -0.133. The van der Waals surface area contributed by atoms with Crippen LogP contribution in [-0.2, 0) is 24.3 Å². The number of aliphatic carboxylic acids is 1. The number of halogens is 2. The molecule has 0 spiro atoms. The number of benzene rings is 3. The van der Waals surface area contributed by atoms with Crippen LogP contribution in [0, 0.1) is 32.4 Å². The maximum absolute atomic E-state index is 13.6. The summed E-state index contributed by atoms with van der Waals surface area (Å²) >= 11 is 0. The molecular weight excluding hydrogens is 412 g/mol. The Morgan fingerprint density at radius 3 is 2.03 bits per heavy atom. The summed E-state index contributed by atoms with van der Waals surface area (Å²) in [6.45, 7) is 6.37. The van der Waals surface area contributed by atoms with Crippen molar-refractivity contribution in [1.82, 2.24) is 4.90 Å². The van der Waals surface area contributed by atoms with Crippen molar-refractivity contribution in [2.75, 3.05) is 0 Å². The van der Waals surface area contributed by atoms with Gasteiger partial charge < -0.3 is 10.0 Å². The van der Waals surface area contributed by atoms with Crippen molar-refractivity contribution >= 4 is 11.9 Å². The van der Waals surface area contributed by atoms with Crippen molar-refractivity contribution in [3.63, 3.8) is 0 Å². The number of carboxylic acid groups (broad SMARTS) is 1. The molecule has 0 aliphatic carbocycles. The molecule has 1 N–H and O–H groups in total. The topological polar surface area (TPSA) is 57.6 Å². The monoisotopic (exact) mass is 435 g/mol. The highest BCUT2D eigenvalue weighted by Gasteiger charge is 2.31. The average molecular weight is 435 g/mol. The van der Waals surface area contributed by atoms with Crippen molar-refractivity contribution in [3.8, 4) is 11.1 Å². The Balaban J connectivity index is 1.81. The lowest BCUT2D eigenvalue weighted by molar-refractivity contribution is -0.136. The normalized spacial score (nSPS) is 12.7. The van der Waals surface area contributed by atoms with Crippen molar-refractivity contribution < 1.29 is 23.5 Å². The van der Waals surface area contributed by atoms with Crippen LogP contribution in [-0.4, -0.2) is 21.9 Å². The zero-order valence-corrected chi connectivity index (χ0v) is 18.1. The Labute approximate surface area is 185 Å². The minimum Gasteiger partial charge on any atom is -0.481 e. The lowest BCUT2D eigenvalue weighted by atomic mass is 9.84. The fraction of sp³-hybridized carbons (Fsp3) is 0.231. The minimum absolute atomic E-state index is 0.0462. The van der Waals surface area contributed by atoms with Gasteiger partial charge in [0.15, 0.2) is 0 Å². The number of nitrogens with zero attached hydrogens (tertiary/aromatic N) is 1. The highest BCUT2D eigenvalue weighted by Crippen LogP contribution is 2.40. The summed E-state index contributed by atoms with van der Waals surface area (Å²) in [5.41, 5.74) is 7.19. The second kappa shape index (κ2) is 8.19. The molecule has 32 heavy (non-hydrogen) atoms. The molecule has 6 heteroatoms. The van der Waals surface area contributed by atoms with Crippen molar-refractivity contribution in [3.05, 3.63) is 93.0 Å². The molecule has 1 heterocycles. The van der Waals surface area contributed by atoms with E-state index in [1.807, 2.05) is 45.0 Å². The summed E-state index contributed by atoms with van der Waals surface area (Å²) in [5.74, 6) is -3.00. The summed E-state index contributed by atoms with van der Waals surface area (Å²) in [6, 6.07) is 10.7. The standard InChI is InChI=1S/C26H23F2NO3/c1-14-4-6-17(7-5-14)25-16(3)23-13-29(12-22(23)15(2)21(25)11-24(30)31)26(32)18-8-19(27)10-20(28)9-18/h4-10H,11-13H2,1-3H3,(H,30,31). The van der Waals surface area contributed by atoms with Gasteiger partial charge in [0.25, 0.3) is 5.91 Å². The van der Waals surface area contributed by atoms with Gasteiger partial charge >= 0.3 is 5.97 Å². The van der Waals surface area contributed by atoms with Crippen LogP contribution in [0.25, 0.3) is 11.1 Å². The third kappa shape index (κ3) is 3.88. The van der Waals surface area contributed by atoms with Crippen LogP contribution in [0.5, 0.6) is 0 Å². The molecule has 4 nitrogen and oxygen atoms in total. The Bertz CT molecular complexity index is 1230. The Hall–Kier alpha value is -3.54. The van der Waals surface area contributed by atoms with Gasteiger partial charge in [-0.2, -0.15) is 0 Å². The van der Waals surface area contributed by atoms with Crippen molar-refractivity contribution in [1.29, 1.82) is 0 Å². The molecule has 3 aromatic carbocycles. The first-order chi connectivity index (χ1) is 15.2. The van der Waals surface area contributed by atoms with Gasteiger partial charge in [0.2, 0.25) is 0 Å². The van der Waals surface area contributed by atoms with Crippen molar-refractivity contribution in [2.24, 2.45) is 0 Å². The van der Waals surface area contributed by atoms with E-state index in [9.17, 15) is 23.5 Å². The molecule has 3 aromatic rings. The summed E-state index contributed by atoms with van der Waals surface area (Å²) < 4.78 is 27.3. The fourth-order valence-corrected chi connectivity index (χ4v) is 4.55. The molecule has 0 atom stereocenters. The molecule has 0 radical (unpaired) electrons. The smallest absolute Gasteiger partial charge is 0.307 e. The van der Waals surface area contributed by atoms with Crippen LogP contribution < -0.4 is 0 Å². The molecule has 164 valence electrons. The van der Waals surface area contributed by atoms with Gasteiger partial charge in [-0.1, -0.05) is 29.8 Å². The van der Waals surface area contributed by atoms with E-state index in [0.717, 1.165) is 62.7 Å². The Kier molecular flexibility index (Phi) is 5.55. The first kappa shape index (κ1) is 21.7. The minimum atomic E-state index is -0.929. The Morgan fingerprint density at radius 1 is 0.906 bits per heavy atom. The van der Waals surface area contributed by atoms with E-state index in [-0.39, 0.29) is 18.5 Å². The number of carboxylic acids is 1. The largest absolute Gasteiger partial charge is 0.481 e. The number of amides is 1. The molecule has 0 bridgehead atoms. The third-order valence-electron chi connectivity index (χ3n) is 6.16. The van der Waals surface area contributed by atoms with Gasteiger partial charge in [0, 0.05) is 24.7 Å². The van der Waals surface area contributed by atoms with E-state index < -0.39 is 23.5 Å². The molecule has 1 aliphatic heterocycles. The number of aryl methyl sites for hydroxylation is 1. The first-order valence-corrected chi connectivity index (χ1v) is 10.3. The highest BCUT2D eigenvalue weighted by atomic mass is 19.1. The number of fused-ring (bicyclic) bond motifs is 1. The van der Waals surface area contributed by atoms with E-state index >= 15 is 0 Å². The number of hydrogen-bond acceptors (Lipinski definition) is 2. The summed E-state index contributed by atoms with van der Waals surface area (Å²) in [5, 5.41) is 9.55. The Morgan fingerprint density at radius 2 is 1.47 bits per heavy atom. The highest BCUT2D eigenvalue weighted by molar-refractivity contribution is 5.95. The van der Waals surface area contributed by atoms with Gasteiger partial charge in [0.05, 0.1) is 6.42 Å². The van der Waals surface area contributed by atoms with Gasteiger partial charge in [-0.25, -0.2) is 8.78 Å². The maximum Gasteiger partial charge on any atom is 0.307 e. The first-order valence-electron chi connectivity index (χ1n) is 10.3. The van der Waals surface area contributed by atoms with Crippen LogP contribution in [0.2, 0.25) is 0 Å². The molecule has 0 saturated carbocycles. The van der Waals surface area contributed by atoms with E-state index in [1.54, 1.807) is 4.90 Å². The van der Waals surface area contributed by atoms with Crippen LogP contribution >= 0.6 is 0 Å². The van der Waals surface area contributed by atoms with Crippen molar-refractivity contribution in [2.45, 2.75) is 40.3 Å². The third-order valence-corrected chi connectivity index (χ3v) is 6.16. The van der Waals surface area contributed by atoms with Crippen LogP contribution in [0.3, 0.4) is 0 Å². The lowest BCUT2D eigenvalue weighted by Gasteiger charge is -2.19. The molecule has 4 rings (SSSR count). The number of hydrogen-bond donors (Lipinski definition) is 1. The zero-order chi connectivity index (χ0) is 23.2. The van der Waals surface area contributed by atoms with Gasteiger partial charge in [-0.3, -0.25) is 9.59 Å². The number of carbonyl (C=O) groups is 2. The van der Waals surface area contributed by atoms with Crippen LogP contribution in [0.15, 0.2) is 42.5 Å². The quantitative estimate of drug-likeness (QED) is 0.602. The van der Waals surface area contributed by atoms with E-state index in [2.05, 4.69) is 0 Å². The summed E-state index contributed by atoms with van der Waals surface area (Å²) in [7, 11) is 0. The molecule has 0 fully saturated rings. The van der Waals surface area contributed by atoms with E-state index in [0.29, 0.717) is 6.54 Å². The van der Waals surface area contributed by atoms with Gasteiger partial charge in [-0.15, -0.1) is 0 Å². The maximum atomic E-state index is 13.6. The molecular formula is C26H23F2NO3. The van der Waals surface area contributed by atoms with Gasteiger partial charge in [0.1, 0.15) is 11.6 Å². The average Bonchev–Trinajstić information content (AvgIpc) is 3.17. The molecule has 0 unspecified atom stereocenters. The predicted molar refractivity (Wildman–Crippen MR) is 117 cm³/mol. The number of rotatable bonds is 4. The SMILES string of the molecule is Cc1ccc(-c2c(C)c3c(c(C)c2CC(=O)O)CN(C(=O)c2cc(F)cc(F)c2)C3)cc1. The fourth-order valence-electron chi connectivity index (χ4n) is 4.55. The predicted octanol–water partition coefficient (Wildman–Crippen LogP) is 5.34. The second-order valence-electron chi connectivity index (χ2n) is 8.32. The molecule has 1 aliphatic rings. The van der Waals surface area contributed by atoms with E-state index in [1.165, 1.54) is 0 Å². The van der Waals surface area contributed by atoms with Gasteiger partial charge in [-0.05, 0) is 71.8 Å². The molecule has 0 saturated heterocycles. The lowest BCUT2D eigenvalue weighted by Crippen LogP contribution is -2.25. The molecule has 1 amide bonds. The second-order valence-corrected chi connectivity index (χ2v) is 8.32. The van der Waals surface area contributed by atoms with Crippen LogP contribution in [0.4, 0.5) is 8.78 Å². The molecule has 0 aromatic heterocycles. The summed E-state index contributed by atoms with van der Waals surface area (Å²) in [4.78, 5) is 26.2. The zero-order valence-electron chi connectivity index (χ0n) is 18.1. The van der Waals surface area contributed by atoms with E-state index in [4.69, 9.17) is 0 Å².